The normalized spacial score (nSPS) is 12.9. The van der Waals surface area contributed by atoms with Crippen LogP contribution in [0.15, 0.2) is 24.3 Å². The Kier molecular flexibility index (Phi) is 5.35. The maximum absolute atomic E-state index is 11.8. The monoisotopic (exact) mass is 285 g/mol. The molecule has 0 amide bonds. The van der Waals surface area contributed by atoms with Crippen molar-refractivity contribution in [1.82, 2.24) is 0 Å². The summed E-state index contributed by atoms with van der Waals surface area (Å²) in [6.45, 7) is 3.15. The van der Waals surface area contributed by atoms with Gasteiger partial charge < -0.3 is 10.5 Å². The Morgan fingerprint density at radius 3 is 2.68 bits per heavy atom. The van der Waals surface area contributed by atoms with Gasteiger partial charge in [-0.1, -0.05) is 19.1 Å². The Labute approximate surface area is 113 Å². The maximum Gasteiger partial charge on any atom is 0.313 e. The average Bonchev–Trinajstić information content (AvgIpc) is 2.37. The molecule has 0 fully saturated rings. The van der Waals surface area contributed by atoms with Gasteiger partial charge in [0.2, 0.25) is 0 Å². The number of anilines is 1. The Hall–Kier alpha value is -1.56. The van der Waals surface area contributed by atoms with Crippen LogP contribution in [-0.4, -0.2) is 32.5 Å². The van der Waals surface area contributed by atoms with Crippen molar-refractivity contribution in [2.75, 3.05) is 23.8 Å². The summed E-state index contributed by atoms with van der Waals surface area (Å²) in [6, 6.07) is 6.98. The molecule has 1 aromatic carbocycles. The molecule has 1 rings (SSSR count). The third-order valence-electron chi connectivity index (χ3n) is 2.84. The predicted octanol–water partition coefficient (Wildman–Crippen LogP) is 1.35. The third-order valence-corrected chi connectivity index (χ3v) is 4.51. The fourth-order valence-corrected chi connectivity index (χ4v) is 2.13. The van der Waals surface area contributed by atoms with Gasteiger partial charge in [-0.15, -0.1) is 0 Å². The Morgan fingerprint density at radius 2 is 2.11 bits per heavy atom. The number of carbonyl (C=O) groups is 1. The average molecular weight is 285 g/mol. The van der Waals surface area contributed by atoms with Gasteiger partial charge in [0.25, 0.3) is 0 Å². The number of esters is 1. The molecular formula is C13H19NO4S. The molecule has 6 heteroatoms. The lowest BCUT2D eigenvalue weighted by Crippen LogP contribution is -2.19. The third kappa shape index (κ3) is 4.90. The van der Waals surface area contributed by atoms with Crippen LogP contribution in [0.3, 0.4) is 0 Å². The SMILES string of the molecule is CCS(=O)(=O)CCOC(=O)C(C)c1cccc(N)c1. The first-order valence-corrected chi connectivity index (χ1v) is 7.90. The van der Waals surface area contributed by atoms with Crippen LogP contribution in [0.4, 0.5) is 5.69 Å². The molecule has 106 valence electrons. The highest BCUT2D eigenvalue weighted by Gasteiger charge is 2.18. The topological polar surface area (TPSA) is 86.5 Å². The van der Waals surface area contributed by atoms with Crippen molar-refractivity contribution in [3.05, 3.63) is 29.8 Å². The van der Waals surface area contributed by atoms with Gasteiger partial charge in [-0.05, 0) is 24.6 Å². The number of hydrogen-bond acceptors (Lipinski definition) is 5. The van der Waals surface area contributed by atoms with Gasteiger partial charge in [-0.2, -0.15) is 0 Å². The smallest absolute Gasteiger partial charge is 0.313 e. The van der Waals surface area contributed by atoms with E-state index in [4.69, 9.17) is 10.5 Å². The predicted molar refractivity (Wildman–Crippen MR) is 74.6 cm³/mol. The molecule has 0 radical (unpaired) electrons. The van der Waals surface area contributed by atoms with Crippen molar-refractivity contribution in [2.45, 2.75) is 19.8 Å². The second kappa shape index (κ2) is 6.56. The molecule has 0 heterocycles. The van der Waals surface area contributed by atoms with Crippen molar-refractivity contribution >= 4 is 21.5 Å². The molecule has 0 aromatic heterocycles. The Morgan fingerprint density at radius 1 is 1.42 bits per heavy atom. The Balaban J connectivity index is 2.54. The number of ether oxygens (including phenoxy) is 1. The van der Waals surface area contributed by atoms with Crippen LogP contribution in [-0.2, 0) is 19.4 Å². The van der Waals surface area contributed by atoms with Crippen molar-refractivity contribution in [3.63, 3.8) is 0 Å². The van der Waals surface area contributed by atoms with E-state index in [2.05, 4.69) is 0 Å². The number of carbonyl (C=O) groups excluding carboxylic acids is 1. The van der Waals surface area contributed by atoms with Gasteiger partial charge in [0, 0.05) is 11.4 Å². The lowest BCUT2D eigenvalue weighted by Gasteiger charge is -2.12. The second-order valence-corrected chi connectivity index (χ2v) is 6.77. The second-order valence-electron chi connectivity index (χ2n) is 4.30. The quantitative estimate of drug-likeness (QED) is 0.630. The molecule has 0 aliphatic heterocycles. The number of sulfone groups is 1. The van der Waals surface area contributed by atoms with E-state index in [9.17, 15) is 13.2 Å². The zero-order valence-corrected chi connectivity index (χ0v) is 11.9. The van der Waals surface area contributed by atoms with Crippen LogP contribution in [0.1, 0.15) is 25.3 Å². The maximum atomic E-state index is 11.8. The number of nitrogen functional groups attached to an aromatic ring is 1. The summed E-state index contributed by atoms with van der Waals surface area (Å²) in [7, 11) is -3.11. The molecule has 1 unspecified atom stereocenters. The van der Waals surface area contributed by atoms with Gasteiger partial charge in [0.15, 0.2) is 9.84 Å². The number of benzene rings is 1. The minimum absolute atomic E-state index is 0.0509. The van der Waals surface area contributed by atoms with Gasteiger partial charge >= 0.3 is 5.97 Å². The fraction of sp³-hybridized carbons (Fsp3) is 0.462. The van der Waals surface area contributed by atoms with E-state index >= 15 is 0 Å². The number of rotatable bonds is 6. The number of hydrogen-bond donors (Lipinski definition) is 1. The molecule has 1 aromatic rings. The van der Waals surface area contributed by atoms with Crippen LogP contribution >= 0.6 is 0 Å². The van der Waals surface area contributed by atoms with E-state index in [1.165, 1.54) is 0 Å². The van der Waals surface area contributed by atoms with E-state index in [1.807, 2.05) is 0 Å². The first kappa shape index (κ1) is 15.5. The molecule has 1 atom stereocenters. The van der Waals surface area contributed by atoms with Gasteiger partial charge in [0.05, 0.1) is 11.7 Å². The summed E-state index contributed by atoms with van der Waals surface area (Å²) in [5.41, 5.74) is 6.97. The molecule has 0 saturated carbocycles. The highest BCUT2D eigenvalue weighted by molar-refractivity contribution is 7.91. The molecule has 0 aliphatic carbocycles. The minimum Gasteiger partial charge on any atom is -0.464 e. The van der Waals surface area contributed by atoms with Gasteiger partial charge in [-0.25, -0.2) is 8.42 Å². The summed E-state index contributed by atoms with van der Waals surface area (Å²) in [6.07, 6.45) is 0. The van der Waals surface area contributed by atoms with Crippen molar-refractivity contribution in [2.24, 2.45) is 0 Å². The zero-order valence-electron chi connectivity index (χ0n) is 11.1. The fourth-order valence-electron chi connectivity index (χ4n) is 1.50. The summed E-state index contributed by atoms with van der Waals surface area (Å²) in [4.78, 5) is 11.8. The molecule has 0 spiro atoms. The highest BCUT2D eigenvalue weighted by Crippen LogP contribution is 2.19. The summed E-state index contributed by atoms with van der Waals surface area (Å²) in [5.74, 6) is -1.00. The van der Waals surface area contributed by atoms with E-state index in [0.29, 0.717) is 5.69 Å². The van der Waals surface area contributed by atoms with Crippen molar-refractivity contribution in [3.8, 4) is 0 Å². The summed E-state index contributed by atoms with van der Waals surface area (Å²) < 4.78 is 27.5. The lowest BCUT2D eigenvalue weighted by atomic mass is 10.0. The highest BCUT2D eigenvalue weighted by atomic mass is 32.2. The zero-order chi connectivity index (χ0) is 14.5. The van der Waals surface area contributed by atoms with E-state index in [-0.39, 0.29) is 18.1 Å². The standard InChI is InChI=1S/C13H19NO4S/c1-3-19(16,17)8-7-18-13(15)10(2)11-5-4-6-12(14)9-11/h4-6,9-10H,3,7-8,14H2,1-2H3. The van der Waals surface area contributed by atoms with Crippen LogP contribution in [0.5, 0.6) is 0 Å². The van der Waals surface area contributed by atoms with Crippen LogP contribution < -0.4 is 5.73 Å². The molecule has 0 saturated heterocycles. The first-order chi connectivity index (χ1) is 8.85. The first-order valence-electron chi connectivity index (χ1n) is 6.08. The summed E-state index contributed by atoms with van der Waals surface area (Å²) in [5, 5.41) is 0. The number of nitrogens with two attached hydrogens (primary N) is 1. The van der Waals surface area contributed by atoms with Gasteiger partial charge in [-0.3, -0.25) is 4.79 Å². The lowest BCUT2D eigenvalue weighted by molar-refractivity contribution is -0.144. The Bertz CT molecular complexity index is 539. The summed E-state index contributed by atoms with van der Waals surface area (Å²) >= 11 is 0. The van der Waals surface area contributed by atoms with Crippen LogP contribution in [0, 0.1) is 0 Å². The molecule has 19 heavy (non-hydrogen) atoms. The molecular weight excluding hydrogens is 266 g/mol. The molecule has 0 bridgehead atoms. The van der Waals surface area contributed by atoms with Gasteiger partial charge in [0.1, 0.15) is 6.61 Å². The molecule has 5 nitrogen and oxygen atoms in total. The molecule has 2 N–H and O–H groups in total. The van der Waals surface area contributed by atoms with Crippen molar-refractivity contribution in [1.29, 1.82) is 0 Å². The van der Waals surface area contributed by atoms with E-state index in [1.54, 1.807) is 38.1 Å². The van der Waals surface area contributed by atoms with Crippen LogP contribution in [0.2, 0.25) is 0 Å². The van der Waals surface area contributed by atoms with E-state index < -0.39 is 21.7 Å². The van der Waals surface area contributed by atoms with Crippen molar-refractivity contribution < 1.29 is 17.9 Å². The molecule has 0 aliphatic rings. The van der Waals surface area contributed by atoms with Crippen LogP contribution in [0.25, 0.3) is 0 Å². The largest absolute Gasteiger partial charge is 0.464 e. The van der Waals surface area contributed by atoms with E-state index in [0.717, 1.165) is 5.56 Å². The minimum atomic E-state index is -3.11.